The van der Waals surface area contributed by atoms with E-state index in [-0.39, 0.29) is 11.0 Å². The highest BCUT2D eigenvalue weighted by molar-refractivity contribution is 7.90. The molecule has 0 spiro atoms. The van der Waals surface area contributed by atoms with Gasteiger partial charge in [0.05, 0.1) is 23.7 Å². The Balaban J connectivity index is 1.24. The van der Waals surface area contributed by atoms with Gasteiger partial charge in [0.25, 0.3) is 10.0 Å². The van der Waals surface area contributed by atoms with Crippen molar-refractivity contribution < 1.29 is 13.5 Å². The molecule has 240 valence electrons. The van der Waals surface area contributed by atoms with Crippen LogP contribution in [0.1, 0.15) is 18.1 Å². The van der Waals surface area contributed by atoms with Gasteiger partial charge in [-0.25, -0.2) is 22.4 Å². The van der Waals surface area contributed by atoms with E-state index in [4.69, 9.17) is 9.97 Å². The summed E-state index contributed by atoms with van der Waals surface area (Å²) in [5.41, 5.74) is 5.69. The highest BCUT2D eigenvalue weighted by atomic mass is 32.2. The molecule has 2 aromatic carbocycles. The zero-order valence-electron chi connectivity index (χ0n) is 26.4. The molecular formula is C36H37N7O3S. The summed E-state index contributed by atoms with van der Waals surface area (Å²) < 4.78 is 31.0. The minimum atomic E-state index is -3.93. The van der Waals surface area contributed by atoms with Crippen LogP contribution in [-0.2, 0) is 16.6 Å². The molecule has 1 unspecified atom stereocenters. The van der Waals surface area contributed by atoms with Gasteiger partial charge < -0.3 is 10.0 Å². The third-order valence-corrected chi connectivity index (χ3v) is 10.3. The second-order valence-electron chi connectivity index (χ2n) is 12.2. The number of benzene rings is 2. The SMILES string of the molecule is Cc1ccc(S(=O)(=O)n2cc(-c3cnn(Cc4ccccc4)c3)c3cc(-c4ccc(N5CCN(CC(C)O)CC5)nc4)cnc32)cc1. The maximum Gasteiger partial charge on any atom is 0.269 e. The summed E-state index contributed by atoms with van der Waals surface area (Å²) in [6, 6.07) is 23.0. The Labute approximate surface area is 274 Å². The fourth-order valence-electron chi connectivity index (χ4n) is 6.11. The molecule has 0 amide bonds. The molecule has 0 bridgehead atoms. The summed E-state index contributed by atoms with van der Waals surface area (Å²) in [6.07, 6.45) is 8.57. The summed E-state index contributed by atoms with van der Waals surface area (Å²) >= 11 is 0. The van der Waals surface area contributed by atoms with E-state index in [0.717, 1.165) is 65.4 Å². The molecule has 5 heterocycles. The minimum absolute atomic E-state index is 0.198. The molecule has 1 atom stereocenters. The van der Waals surface area contributed by atoms with E-state index < -0.39 is 10.0 Å². The van der Waals surface area contributed by atoms with Crippen LogP contribution in [0.25, 0.3) is 33.3 Å². The van der Waals surface area contributed by atoms with Crippen molar-refractivity contribution in [3.8, 4) is 22.3 Å². The number of fused-ring (bicyclic) bond motifs is 1. The molecule has 11 heteroatoms. The first-order chi connectivity index (χ1) is 22.7. The van der Waals surface area contributed by atoms with Gasteiger partial charge in [0, 0.05) is 85.2 Å². The number of rotatable bonds is 9. The quantitative estimate of drug-likeness (QED) is 0.232. The normalized spacial score (nSPS) is 14.9. The van der Waals surface area contributed by atoms with Gasteiger partial charge in [-0.2, -0.15) is 5.10 Å². The van der Waals surface area contributed by atoms with Gasteiger partial charge >= 0.3 is 0 Å². The molecule has 47 heavy (non-hydrogen) atoms. The number of nitrogens with zero attached hydrogens (tertiary/aromatic N) is 7. The Morgan fingerprint density at radius 3 is 2.28 bits per heavy atom. The van der Waals surface area contributed by atoms with Crippen LogP contribution in [0.5, 0.6) is 0 Å². The number of hydrogen-bond donors (Lipinski definition) is 1. The summed E-state index contributed by atoms with van der Waals surface area (Å²) in [5.74, 6) is 0.904. The highest BCUT2D eigenvalue weighted by Crippen LogP contribution is 2.35. The van der Waals surface area contributed by atoms with E-state index in [1.165, 1.54) is 3.97 Å². The van der Waals surface area contributed by atoms with Crippen LogP contribution in [0.3, 0.4) is 0 Å². The first kappa shape index (κ1) is 30.8. The molecule has 6 aromatic rings. The lowest BCUT2D eigenvalue weighted by Gasteiger charge is -2.35. The first-order valence-electron chi connectivity index (χ1n) is 15.8. The van der Waals surface area contributed by atoms with Crippen LogP contribution in [0.15, 0.2) is 109 Å². The van der Waals surface area contributed by atoms with Crippen molar-refractivity contribution in [2.45, 2.75) is 31.4 Å². The van der Waals surface area contributed by atoms with Crippen molar-refractivity contribution in [3.05, 3.63) is 115 Å². The van der Waals surface area contributed by atoms with E-state index in [0.29, 0.717) is 24.1 Å². The summed E-state index contributed by atoms with van der Waals surface area (Å²) in [7, 11) is -3.93. The summed E-state index contributed by atoms with van der Waals surface area (Å²) in [5, 5.41) is 15.0. The Bertz CT molecular complexity index is 2100. The maximum atomic E-state index is 13.9. The third-order valence-electron chi connectivity index (χ3n) is 8.62. The fraction of sp³-hybridized carbons (Fsp3) is 0.250. The standard InChI is InChI=1S/C36H37N7O3S/c1-26-8-11-32(12-9-26)47(45,46)43-25-34(31-21-39-42(24-31)23-28-6-4-3-5-7-28)33-18-30(20-38-36(33)43)29-10-13-35(37-19-29)41-16-14-40(15-17-41)22-27(2)44/h3-13,18-21,24-25,27,44H,14-17,22-23H2,1-2H3. The van der Waals surface area contributed by atoms with Gasteiger partial charge in [0.2, 0.25) is 0 Å². The van der Waals surface area contributed by atoms with Crippen molar-refractivity contribution in [1.29, 1.82) is 0 Å². The highest BCUT2D eigenvalue weighted by Gasteiger charge is 2.24. The molecule has 1 aliphatic rings. The Hall–Kier alpha value is -4.84. The number of aryl methyl sites for hydroxylation is 1. The number of piperazine rings is 1. The molecule has 1 aliphatic heterocycles. The molecule has 1 saturated heterocycles. The number of anilines is 1. The lowest BCUT2D eigenvalue weighted by Crippen LogP contribution is -2.48. The van der Waals surface area contributed by atoms with Crippen LogP contribution in [-0.4, -0.2) is 81.0 Å². The van der Waals surface area contributed by atoms with Gasteiger partial charge in [0.1, 0.15) is 5.82 Å². The molecule has 1 fully saturated rings. The number of aromatic nitrogens is 5. The van der Waals surface area contributed by atoms with E-state index in [1.54, 1.807) is 42.9 Å². The van der Waals surface area contributed by atoms with Gasteiger partial charge in [-0.1, -0.05) is 48.0 Å². The van der Waals surface area contributed by atoms with Crippen LogP contribution in [0, 0.1) is 6.92 Å². The minimum Gasteiger partial charge on any atom is -0.392 e. The molecule has 0 saturated carbocycles. The predicted octanol–water partition coefficient (Wildman–Crippen LogP) is 5.06. The second-order valence-corrected chi connectivity index (χ2v) is 14.0. The summed E-state index contributed by atoms with van der Waals surface area (Å²) in [6.45, 7) is 8.46. The van der Waals surface area contributed by atoms with Gasteiger partial charge in [0.15, 0.2) is 5.65 Å². The molecule has 10 nitrogen and oxygen atoms in total. The van der Waals surface area contributed by atoms with Crippen molar-refractivity contribution in [2.75, 3.05) is 37.6 Å². The van der Waals surface area contributed by atoms with E-state index >= 15 is 0 Å². The monoisotopic (exact) mass is 647 g/mol. The summed E-state index contributed by atoms with van der Waals surface area (Å²) in [4.78, 5) is 14.2. The third kappa shape index (κ3) is 6.42. The lowest BCUT2D eigenvalue weighted by molar-refractivity contribution is 0.122. The number of pyridine rings is 2. The zero-order valence-corrected chi connectivity index (χ0v) is 27.3. The largest absolute Gasteiger partial charge is 0.392 e. The molecule has 0 aliphatic carbocycles. The Morgan fingerprint density at radius 2 is 1.57 bits per heavy atom. The molecule has 7 rings (SSSR count). The Kier molecular flexibility index (Phi) is 8.35. The molecular weight excluding hydrogens is 611 g/mol. The molecule has 1 N–H and O–H groups in total. The van der Waals surface area contributed by atoms with E-state index in [2.05, 4.69) is 27.0 Å². The van der Waals surface area contributed by atoms with Gasteiger partial charge in [-0.3, -0.25) is 9.58 Å². The average molecular weight is 648 g/mol. The second kappa shape index (κ2) is 12.7. The topological polar surface area (TPSA) is 109 Å². The van der Waals surface area contributed by atoms with Crippen molar-refractivity contribution in [2.24, 2.45) is 0 Å². The Morgan fingerprint density at radius 1 is 0.830 bits per heavy atom. The number of aliphatic hydroxyl groups is 1. The number of hydrogen-bond acceptors (Lipinski definition) is 8. The van der Waals surface area contributed by atoms with Crippen LogP contribution >= 0.6 is 0 Å². The van der Waals surface area contributed by atoms with Crippen LogP contribution < -0.4 is 4.90 Å². The van der Waals surface area contributed by atoms with Crippen molar-refractivity contribution in [1.82, 2.24) is 28.6 Å². The first-order valence-corrected chi connectivity index (χ1v) is 17.2. The van der Waals surface area contributed by atoms with E-state index in [1.807, 2.05) is 67.3 Å². The maximum absolute atomic E-state index is 13.9. The van der Waals surface area contributed by atoms with E-state index in [9.17, 15) is 13.5 Å². The van der Waals surface area contributed by atoms with Crippen LogP contribution in [0.4, 0.5) is 5.82 Å². The molecule has 4 aromatic heterocycles. The smallest absolute Gasteiger partial charge is 0.269 e. The molecule has 0 radical (unpaired) electrons. The zero-order chi connectivity index (χ0) is 32.5. The van der Waals surface area contributed by atoms with Gasteiger partial charge in [-0.05, 0) is 49.7 Å². The van der Waals surface area contributed by atoms with Crippen molar-refractivity contribution in [3.63, 3.8) is 0 Å². The number of aliphatic hydroxyl groups excluding tert-OH is 1. The predicted molar refractivity (Wildman–Crippen MR) is 184 cm³/mol. The van der Waals surface area contributed by atoms with Crippen molar-refractivity contribution >= 4 is 26.9 Å². The van der Waals surface area contributed by atoms with Gasteiger partial charge in [-0.15, -0.1) is 0 Å². The fourth-order valence-corrected chi connectivity index (χ4v) is 7.44. The van der Waals surface area contributed by atoms with Crippen LogP contribution in [0.2, 0.25) is 0 Å². The number of β-amino-alcohol motifs (C(OH)–C–C–N with tert-alkyl or cyclic N) is 1. The lowest BCUT2D eigenvalue weighted by atomic mass is 10.1. The average Bonchev–Trinajstić information content (AvgIpc) is 3.70.